The van der Waals surface area contributed by atoms with Crippen molar-refractivity contribution < 1.29 is 23.2 Å². The largest absolute Gasteiger partial charge is 0.446 e. The van der Waals surface area contributed by atoms with Crippen LogP contribution in [-0.2, 0) is 4.79 Å². The first-order valence-electron chi connectivity index (χ1n) is 6.13. The Morgan fingerprint density at radius 3 is 2.27 bits per heavy atom. The van der Waals surface area contributed by atoms with Gasteiger partial charge in [0.1, 0.15) is 0 Å². The van der Waals surface area contributed by atoms with Crippen LogP contribution in [-0.4, -0.2) is 40.4 Å². The highest BCUT2D eigenvalue weighted by molar-refractivity contribution is 8.00. The van der Waals surface area contributed by atoms with Crippen LogP contribution in [0.1, 0.15) is 19.4 Å². The molecule has 0 bridgehead atoms. The number of thioether (sulfide) groups is 1. The maximum absolute atomic E-state index is 12.3. The van der Waals surface area contributed by atoms with Crippen LogP contribution in [0.2, 0.25) is 0 Å². The van der Waals surface area contributed by atoms with E-state index < -0.39 is 11.0 Å². The third kappa shape index (κ3) is 5.32. The number of hydrazone groups is 1. The molecule has 0 aromatic heterocycles. The summed E-state index contributed by atoms with van der Waals surface area (Å²) in [5, 5.41) is 14.3. The first-order valence-corrected chi connectivity index (χ1v) is 6.95. The number of nitrogens with one attached hydrogen (secondary N) is 1. The lowest BCUT2D eigenvalue weighted by Crippen LogP contribution is -2.46. The van der Waals surface area contributed by atoms with E-state index >= 15 is 0 Å². The highest BCUT2D eigenvalue weighted by Crippen LogP contribution is 2.36. The lowest BCUT2D eigenvalue weighted by atomic mass is 9.93. The summed E-state index contributed by atoms with van der Waals surface area (Å²) in [6.07, 6.45) is 0.474. The van der Waals surface area contributed by atoms with Crippen molar-refractivity contribution in [2.45, 2.75) is 29.8 Å². The van der Waals surface area contributed by atoms with Crippen molar-refractivity contribution in [1.29, 1.82) is 0 Å². The molecular formula is C13H16F3N3O2S. The van der Waals surface area contributed by atoms with Crippen molar-refractivity contribution in [2.24, 2.45) is 5.10 Å². The predicted octanol–water partition coefficient (Wildman–Crippen LogP) is 2.85. The zero-order chi connectivity index (χ0) is 17.0. The van der Waals surface area contributed by atoms with Gasteiger partial charge in [0.05, 0.1) is 11.3 Å². The van der Waals surface area contributed by atoms with Gasteiger partial charge in [-0.25, -0.2) is 5.01 Å². The van der Waals surface area contributed by atoms with Crippen LogP contribution >= 0.6 is 11.8 Å². The number of amides is 1. The SMILES string of the molecule is CN(C=O)/N=C(/c1ccc(SC(F)(F)F)cc1)C(C)(C)NO. The Balaban J connectivity index is 3.16. The first kappa shape index (κ1) is 18.5. The van der Waals surface area contributed by atoms with Crippen molar-refractivity contribution in [1.82, 2.24) is 10.5 Å². The fourth-order valence-electron chi connectivity index (χ4n) is 1.59. The fraction of sp³-hybridized carbons (Fsp3) is 0.385. The smallest absolute Gasteiger partial charge is 0.316 e. The molecule has 1 rings (SSSR count). The van der Waals surface area contributed by atoms with Crippen LogP contribution in [0.5, 0.6) is 0 Å². The highest BCUT2D eigenvalue weighted by Gasteiger charge is 2.30. The molecule has 0 unspecified atom stereocenters. The molecule has 0 aliphatic rings. The van der Waals surface area contributed by atoms with Gasteiger partial charge in [-0.2, -0.15) is 23.8 Å². The van der Waals surface area contributed by atoms with Gasteiger partial charge in [-0.15, -0.1) is 0 Å². The molecule has 0 fully saturated rings. The molecule has 0 aliphatic heterocycles. The predicted molar refractivity (Wildman–Crippen MR) is 77.7 cm³/mol. The number of carbonyl (C=O) groups excluding carboxylic acids is 1. The van der Waals surface area contributed by atoms with Crippen molar-refractivity contribution in [3.8, 4) is 0 Å². The van der Waals surface area contributed by atoms with Crippen LogP contribution in [0.25, 0.3) is 0 Å². The molecule has 5 nitrogen and oxygen atoms in total. The van der Waals surface area contributed by atoms with E-state index in [-0.39, 0.29) is 16.7 Å². The summed E-state index contributed by atoms with van der Waals surface area (Å²) in [6.45, 7) is 3.23. The quantitative estimate of drug-likeness (QED) is 0.363. The van der Waals surface area contributed by atoms with E-state index in [0.717, 1.165) is 5.01 Å². The van der Waals surface area contributed by atoms with E-state index in [1.165, 1.54) is 31.3 Å². The van der Waals surface area contributed by atoms with Crippen molar-refractivity contribution >= 4 is 23.9 Å². The third-order valence-electron chi connectivity index (χ3n) is 2.64. The van der Waals surface area contributed by atoms with Crippen LogP contribution in [0, 0.1) is 0 Å². The van der Waals surface area contributed by atoms with Crippen LogP contribution in [0.3, 0.4) is 0 Å². The summed E-state index contributed by atoms with van der Waals surface area (Å²) in [4.78, 5) is 10.7. The number of hydrogen-bond donors (Lipinski definition) is 2. The number of carbonyl (C=O) groups is 1. The number of benzene rings is 1. The van der Waals surface area contributed by atoms with E-state index in [1.807, 2.05) is 0 Å². The molecule has 122 valence electrons. The van der Waals surface area contributed by atoms with Gasteiger partial charge in [0.15, 0.2) is 0 Å². The summed E-state index contributed by atoms with van der Waals surface area (Å²) in [5.74, 6) is 0. The van der Waals surface area contributed by atoms with E-state index in [0.29, 0.717) is 17.7 Å². The summed E-state index contributed by atoms with van der Waals surface area (Å²) in [7, 11) is 1.41. The first-order chi connectivity index (χ1) is 10.1. The molecular weight excluding hydrogens is 319 g/mol. The number of halogens is 3. The zero-order valence-corrected chi connectivity index (χ0v) is 13.0. The Bertz CT molecular complexity index is 544. The Kier molecular flexibility index (Phi) is 5.98. The van der Waals surface area contributed by atoms with Crippen LogP contribution in [0.4, 0.5) is 13.2 Å². The molecule has 0 atom stereocenters. The topological polar surface area (TPSA) is 64.9 Å². The molecule has 0 saturated heterocycles. The second kappa shape index (κ2) is 7.12. The normalized spacial score (nSPS) is 13.1. The minimum absolute atomic E-state index is 0.0362. The van der Waals surface area contributed by atoms with Gasteiger partial charge in [0, 0.05) is 11.9 Å². The van der Waals surface area contributed by atoms with Gasteiger partial charge in [-0.3, -0.25) is 4.79 Å². The molecule has 22 heavy (non-hydrogen) atoms. The van der Waals surface area contributed by atoms with E-state index in [4.69, 9.17) is 0 Å². The molecule has 1 aromatic rings. The summed E-state index contributed by atoms with van der Waals surface area (Å²) < 4.78 is 36.9. The van der Waals surface area contributed by atoms with Gasteiger partial charge in [-0.1, -0.05) is 12.1 Å². The molecule has 9 heteroatoms. The Morgan fingerprint density at radius 1 is 1.32 bits per heavy atom. The van der Waals surface area contributed by atoms with Gasteiger partial charge >= 0.3 is 5.51 Å². The van der Waals surface area contributed by atoms with Gasteiger partial charge in [0.25, 0.3) is 0 Å². The molecule has 0 radical (unpaired) electrons. The van der Waals surface area contributed by atoms with Gasteiger partial charge in [0.2, 0.25) is 6.41 Å². The average Bonchev–Trinajstić information content (AvgIpc) is 2.43. The van der Waals surface area contributed by atoms with Crippen molar-refractivity contribution in [3.63, 3.8) is 0 Å². The zero-order valence-electron chi connectivity index (χ0n) is 12.2. The van der Waals surface area contributed by atoms with E-state index in [2.05, 4.69) is 10.6 Å². The molecule has 0 heterocycles. The van der Waals surface area contributed by atoms with Gasteiger partial charge in [-0.05, 0) is 43.3 Å². The Labute approximate surface area is 130 Å². The number of hydrogen-bond acceptors (Lipinski definition) is 5. The minimum atomic E-state index is -4.36. The average molecular weight is 335 g/mol. The van der Waals surface area contributed by atoms with Crippen molar-refractivity contribution in [2.75, 3.05) is 7.05 Å². The standard InChI is InChI=1S/C13H16F3N3O2S/c1-12(2,18-21)11(17-19(3)8-20)9-4-6-10(7-5-9)22-13(14,15)16/h4-8,18,21H,1-3H3/b17-11-. The monoisotopic (exact) mass is 335 g/mol. The minimum Gasteiger partial charge on any atom is -0.316 e. The molecule has 0 saturated carbocycles. The molecule has 0 spiro atoms. The molecule has 1 aromatic carbocycles. The molecule has 2 N–H and O–H groups in total. The second-order valence-corrected chi connectivity index (χ2v) is 6.08. The Morgan fingerprint density at radius 2 is 1.86 bits per heavy atom. The highest BCUT2D eigenvalue weighted by atomic mass is 32.2. The lowest BCUT2D eigenvalue weighted by Gasteiger charge is -2.26. The maximum Gasteiger partial charge on any atom is 0.446 e. The number of rotatable bonds is 6. The third-order valence-corrected chi connectivity index (χ3v) is 3.38. The molecule has 0 aliphatic carbocycles. The number of hydroxylamine groups is 1. The van der Waals surface area contributed by atoms with E-state index in [1.54, 1.807) is 13.8 Å². The maximum atomic E-state index is 12.3. The fourth-order valence-corrected chi connectivity index (χ4v) is 2.13. The Hall–Kier alpha value is -1.58. The summed E-state index contributed by atoms with van der Waals surface area (Å²) in [6, 6.07) is 5.50. The molecule has 1 amide bonds. The van der Waals surface area contributed by atoms with Crippen molar-refractivity contribution in [3.05, 3.63) is 29.8 Å². The van der Waals surface area contributed by atoms with Crippen LogP contribution in [0.15, 0.2) is 34.3 Å². The lowest BCUT2D eigenvalue weighted by molar-refractivity contribution is -0.117. The number of alkyl halides is 3. The van der Waals surface area contributed by atoms with Crippen LogP contribution < -0.4 is 5.48 Å². The van der Waals surface area contributed by atoms with E-state index in [9.17, 15) is 23.2 Å². The summed E-state index contributed by atoms with van der Waals surface area (Å²) >= 11 is -0.219. The second-order valence-electron chi connectivity index (χ2n) is 4.94. The van der Waals surface area contributed by atoms with Gasteiger partial charge < -0.3 is 5.21 Å². The summed E-state index contributed by atoms with van der Waals surface area (Å²) in [5.41, 5.74) is -2.52. The number of nitrogens with zero attached hydrogens (tertiary/aromatic N) is 2.